The van der Waals surface area contributed by atoms with E-state index in [1.54, 1.807) is 0 Å². The molecule has 366 valence electrons. The van der Waals surface area contributed by atoms with Crippen LogP contribution in [-0.4, -0.2) is 49.9 Å². The maximum Gasteiger partial charge on any atom is 0.472 e. The number of nitrogens with two attached hydrogens (primary N) is 1. The van der Waals surface area contributed by atoms with Crippen LogP contribution in [0.3, 0.4) is 0 Å². The van der Waals surface area contributed by atoms with E-state index < -0.39 is 13.9 Å². The van der Waals surface area contributed by atoms with E-state index in [0.29, 0.717) is 13.0 Å². The van der Waals surface area contributed by atoms with Gasteiger partial charge in [0.1, 0.15) is 6.10 Å². The van der Waals surface area contributed by atoms with E-state index in [1.807, 2.05) is 0 Å². The van der Waals surface area contributed by atoms with E-state index in [4.69, 9.17) is 24.3 Å². The lowest BCUT2D eigenvalue weighted by atomic mass is 10.0. The highest BCUT2D eigenvalue weighted by atomic mass is 31.2. The predicted octanol–water partition coefficient (Wildman–Crippen LogP) is 16.8. The van der Waals surface area contributed by atoms with E-state index in [0.717, 1.165) is 32.1 Å². The molecule has 0 aromatic carbocycles. The van der Waals surface area contributed by atoms with Crippen LogP contribution in [0.1, 0.15) is 290 Å². The molecule has 0 saturated carbocycles. The van der Waals surface area contributed by atoms with Crippen LogP contribution in [0, 0.1) is 0 Å². The Morgan fingerprint density at radius 1 is 0.426 bits per heavy atom. The summed E-state index contributed by atoms with van der Waals surface area (Å²) in [6, 6.07) is 0. The second kappa shape index (κ2) is 50.5. The molecule has 0 aromatic rings. The molecule has 2 unspecified atom stereocenters. The van der Waals surface area contributed by atoms with Gasteiger partial charge in [-0.1, -0.05) is 271 Å². The Bertz CT molecular complexity index is 909. The molecule has 2 atom stereocenters. The Hall–Kier alpha value is -0.500. The molecule has 8 nitrogen and oxygen atoms in total. The molecule has 0 fully saturated rings. The van der Waals surface area contributed by atoms with Crippen LogP contribution in [0.25, 0.3) is 0 Å². The summed E-state index contributed by atoms with van der Waals surface area (Å²) in [5, 5.41) is 0. The number of phosphoric ester groups is 1. The molecule has 0 rings (SSSR count). The quantitative estimate of drug-likeness (QED) is 0.0352. The van der Waals surface area contributed by atoms with Crippen molar-refractivity contribution in [3.63, 3.8) is 0 Å². The summed E-state index contributed by atoms with van der Waals surface area (Å²) in [7, 11) is -4.28. The molecule has 0 aliphatic heterocycles. The number of phosphoric acid groups is 1. The molecule has 0 bridgehead atoms. The molecule has 9 heteroatoms. The molecule has 0 aliphatic rings. The average Bonchev–Trinajstić information content (AvgIpc) is 3.25. The minimum Gasteiger partial charge on any atom is -0.457 e. The normalized spacial score (nSPS) is 13.2. The topological polar surface area (TPSA) is 117 Å². The van der Waals surface area contributed by atoms with Crippen molar-refractivity contribution in [1.82, 2.24) is 0 Å². The van der Waals surface area contributed by atoms with Gasteiger partial charge >= 0.3 is 13.8 Å². The standard InChI is InChI=1S/C52H106NO7P/c1-3-5-7-9-11-13-15-17-19-21-23-24-25-26-28-30-32-34-36-38-40-42-44-47-57-49-51(50-59-61(55,56)58-48-46-53)60-52(54)45-43-41-39-37-35-33-31-29-27-22-20-18-16-14-12-10-8-6-4-2/h51H,3-50,53H2,1-2H3,(H,55,56). The monoisotopic (exact) mass is 888 g/mol. The Labute approximate surface area is 380 Å². The number of ether oxygens (including phenoxy) is 2. The van der Waals surface area contributed by atoms with Gasteiger partial charge in [-0.15, -0.1) is 0 Å². The van der Waals surface area contributed by atoms with Crippen molar-refractivity contribution < 1.29 is 32.8 Å². The van der Waals surface area contributed by atoms with Crippen molar-refractivity contribution in [3.8, 4) is 0 Å². The van der Waals surface area contributed by atoms with Crippen molar-refractivity contribution in [2.45, 2.75) is 296 Å². The summed E-state index contributed by atoms with van der Waals surface area (Å²) in [5.74, 6) is -0.320. The van der Waals surface area contributed by atoms with Crippen LogP contribution in [0.4, 0.5) is 0 Å². The van der Waals surface area contributed by atoms with Crippen molar-refractivity contribution in [2.75, 3.05) is 33.0 Å². The van der Waals surface area contributed by atoms with Gasteiger partial charge in [0.05, 0.1) is 19.8 Å². The maximum atomic E-state index is 12.7. The highest BCUT2D eigenvalue weighted by molar-refractivity contribution is 7.47. The van der Waals surface area contributed by atoms with Crippen molar-refractivity contribution in [1.29, 1.82) is 0 Å². The summed E-state index contributed by atoms with van der Waals surface area (Å²) < 4.78 is 33.6. The molecule has 61 heavy (non-hydrogen) atoms. The van der Waals surface area contributed by atoms with E-state index in [-0.39, 0.29) is 32.3 Å². The Morgan fingerprint density at radius 3 is 1.03 bits per heavy atom. The minimum absolute atomic E-state index is 0.0896. The van der Waals surface area contributed by atoms with Gasteiger partial charge in [-0.05, 0) is 12.8 Å². The van der Waals surface area contributed by atoms with Gasteiger partial charge in [-0.3, -0.25) is 13.8 Å². The fourth-order valence-corrected chi connectivity index (χ4v) is 9.06. The van der Waals surface area contributed by atoms with Crippen LogP contribution in [0.5, 0.6) is 0 Å². The first-order chi connectivity index (χ1) is 29.9. The summed E-state index contributed by atoms with van der Waals surface area (Å²) in [5.41, 5.74) is 5.40. The van der Waals surface area contributed by atoms with Crippen LogP contribution in [0.15, 0.2) is 0 Å². The predicted molar refractivity (Wildman–Crippen MR) is 261 cm³/mol. The van der Waals surface area contributed by atoms with Gasteiger partial charge in [0.25, 0.3) is 0 Å². The Kier molecular flexibility index (Phi) is 50.1. The number of rotatable bonds is 53. The fraction of sp³-hybridized carbons (Fsp3) is 0.981. The summed E-state index contributed by atoms with van der Waals surface area (Å²) in [4.78, 5) is 22.6. The first-order valence-electron chi connectivity index (χ1n) is 27.0. The second-order valence-electron chi connectivity index (χ2n) is 18.5. The molecule has 0 radical (unpaired) electrons. The van der Waals surface area contributed by atoms with Crippen LogP contribution in [0.2, 0.25) is 0 Å². The zero-order chi connectivity index (χ0) is 44.4. The molecular weight excluding hydrogens is 782 g/mol. The molecular formula is C52H106NO7P. The number of unbranched alkanes of at least 4 members (excludes halogenated alkanes) is 40. The third-order valence-corrected chi connectivity index (χ3v) is 13.3. The lowest BCUT2D eigenvalue weighted by Crippen LogP contribution is -2.28. The smallest absolute Gasteiger partial charge is 0.457 e. The van der Waals surface area contributed by atoms with E-state index in [9.17, 15) is 14.3 Å². The zero-order valence-corrected chi connectivity index (χ0v) is 41.8. The summed E-state index contributed by atoms with van der Waals surface area (Å²) in [6.07, 6.45) is 55.7. The van der Waals surface area contributed by atoms with Crippen LogP contribution >= 0.6 is 7.82 Å². The highest BCUT2D eigenvalue weighted by Gasteiger charge is 2.25. The minimum atomic E-state index is -4.28. The first kappa shape index (κ1) is 60.5. The second-order valence-corrected chi connectivity index (χ2v) is 19.9. The van der Waals surface area contributed by atoms with Gasteiger partial charge in [-0.2, -0.15) is 0 Å². The highest BCUT2D eigenvalue weighted by Crippen LogP contribution is 2.43. The van der Waals surface area contributed by atoms with Crippen molar-refractivity contribution in [2.24, 2.45) is 5.73 Å². The summed E-state index contributed by atoms with van der Waals surface area (Å²) >= 11 is 0. The van der Waals surface area contributed by atoms with E-state index in [2.05, 4.69) is 13.8 Å². The number of carbonyl (C=O) groups excluding carboxylic acids is 1. The number of hydrogen-bond donors (Lipinski definition) is 2. The third kappa shape index (κ3) is 50.4. The maximum absolute atomic E-state index is 12.7. The molecule has 0 aliphatic carbocycles. The first-order valence-corrected chi connectivity index (χ1v) is 28.5. The zero-order valence-electron chi connectivity index (χ0n) is 40.9. The molecule has 0 aromatic heterocycles. The molecule has 0 spiro atoms. The number of hydrogen-bond acceptors (Lipinski definition) is 7. The molecule has 0 saturated heterocycles. The Balaban J connectivity index is 3.84. The average molecular weight is 888 g/mol. The Morgan fingerprint density at radius 2 is 0.721 bits per heavy atom. The third-order valence-electron chi connectivity index (χ3n) is 12.3. The van der Waals surface area contributed by atoms with Gasteiger partial charge in [0, 0.05) is 19.6 Å². The van der Waals surface area contributed by atoms with E-state index in [1.165, 1.54) is 238 Å². The summed E-state index contributed by atoms with van der Waals surface area (Å²) in [6.45, 7) is 5.02. The van der Waals surface area contributed by atoms with Crippen molar-refractivity contribution >= 4 is 13.8 Å². The lowest BCUT2D eigenvalue weighted by molar-refractivity contribution is -0.154. The van der Waals surface area contributed by atoms with Gasteiger partial charge in [0.2, 0.25) is 0 Å². The van der Waals surface area contributed by atoms with Gasteiger partial charge in [0.15, 0.2) is 0 Å². The largest absolute Gasteiger partial charge is 0.472 e. The number of carbonyl (C=O) groups is 1. The van der Waals surface area contributed by atoms with Crippen LogP contribution < -0.4 is 5.73 Å². The fourth-order valence-electron chi connectivity index (χ4n) is 8.30. The SMILES string of the molecule is CCCCCCCCCCCCCCCCCCCCCCCCCOCC(COP(=O)(O)OCCN)OC(=O)CCCCCCCCCCCCCCCCCCCCC. The van der Waals surface area contributed by atoms with Crippen molar-refractivity contribution in [3.05, 3.63) is 0 Å². The molecule has 3 N–H and O–H groups in total. The number of esters is 1. The van der Waals surface area contributed by atoms with Gasteiger partial charge in [-0.25, -0.2) is 4.57 Å². The lowest BCUT2D eigenvalue weighted by Gasteiger charge is -2.20. The van der Waals surface area contributed by atoms with Crippen LogP contribution in [-0.2, 0) is 27.9 Å². The van der Waals surface area contributed by atoms with Gasteiger partial charge < -0.3 is 20.1 Å². The molecule has 0 heterocycles. The van der Waals surface area contributed by atoms with E-state index >= 15 is 0 Å². The molecule has 0 amide bonds.